The van der Waals surface area contributed by atoms with Gasteiger partial charge in [-0.1, -0.05) is 19.1 Å². The van der Waals surface area contributed by atoms with Gasteiger partial charge >= 0.3 is 0 Å². The first-order valence-corrected chi connectivity index (χ1v) is 8.40. The van der Waals surface area contributed by atoms with Gasteiger partial charge in [0.05, 0.1) is 6.54 Å². The van der Waals surface area contributed by atoms with Crippen LogP contribution in [-0.2, 0) is 6.54 Å². The lowest BCUT2D eigenvalue weighted by Crippen LogP contribution is -2.41. The van der Waals surface area contributed by atoms with Crippen LogP contribution in [0.15, 0.2) is 29.3 Å². The second-order valence-corrected chi connectivity index (χ2v) is 5.97. The number of nitrogens with one attached hydrogen (secondary N) is 3. The Bertz CT molecular complexity index is 508. The van der Waals surface area contributed by atoms with E-state index in [1.165, 1.54) is 0 Å². The third-order valence-electron chi connectivity index (χ3n) is 3.40. The highest BCUT2D eigenvalue weighted by Gasteiger charge is 2.08. The van der Waals surface area contributed by atoms with Gasteiger partial charge in [-0.2, -0.15) is 0 Å². The van der Waals surface area contributed by atoms with Gasteiger partial charge < -0.3 is 16.0 Å². The molecule has 1 unspecified atom stereocenters. The second-order valence-electron chi connectivity index (χ2n) is 5.97. The van der Waals surface area contributed by atoms with E-state index in [0.29, 0.717) is 18.2 Å². The minimum atomic E-state index is -0.0239. The van der Waals surface area contributed by atoms with Gasteiger partial charge in [0.25, 0.3) is 5.91 Å². The van der Waals surface area contributed by atoms with E-state index in [1.54, 1.807) is 0 Å². The fraction of sp³-hybridized carbons (Fsp3) is 0.556. The van der Waals surface area contributed by atoms with Gasteiger partial charge in [-0.25, -0.2) is 4.99 Å². The Morgan fingerprint density at radius 3 is 2.26 bits per heavy atom. The molecule has 1 aromatic carbocycles. The highest BCUT2D eigenvalue weighted by Crippen LogP contribution is 2.06. The number of rotatable bonds is 7. The first-order chi connectivity index (χ1) is 11.0. The molecule has 0 spiro atoms. The molecule has 0 fully saturated rings. The Hall–Kier alpha value is -2.04. The molecule has 0 bridgehead atoms. The van der Waals surface area contributed by atoms with Crippen molar-refractivity contribution in [2.24, 2.45) is 4.99 Å². The quantitative estimate of drug-likeness (QED) is 0.535. The maximum Gasteiger partial charge on any atom is 0.251 e. The molecule has 0 aliphatic heterocycles. The summed E-state index contributed by atoms with van der Waals surface area (Å²) in [6, 6.07) is 8.13. The Morgan fingerprint density at radius 1 is 1.09 bits per heavy atom. The molecule has 0 aliphatic rings. The number of hydrogen-bond donors (Lipinski definition) is 3. The van der Waals surface area contributed by atoms with Gasteiger partial charge in [0.1, 0.15) is 0 Å². The Labute approximate surface area is 140 Å². The number of aliphatic imine (C=N–C) groups is 1. The van der Waals surface area contributed by atoms with Crippen molar-refractivity contribution >= 4 is 11.9 Å². The molecule has 1 atom stereocenters. The number of benzene rings is 1. The lowest BCUT2D eigenvalue weighted by molar-refractivity contribution is 0.0939. The molecule has 1 amide bonds. The highest BCUT2D eigenvalue weighted by atomic mass is 16.1. The summed E-state index contributed by atoms with van der Waals surface area (Å²) in [6.07, 6.45) is 0.925. The van der Waals surface area contributed by atoms with Crippen LogP contribution >= 0.6 is 0 Å². The molecule has 0 heterocycles. The van der Waals surface area contributed by atoms with Crippen molar-refractivity contribution in [3.8, 4) is 0 Å². The molecular formula is C18H30N4O. The lowest BCUT2D eigenvalue weighted by atomic mass is 10.1. The third-order valence-corrected chi connectivity index (χ3v) is 3.40. The molecule has 0 saturated carbocycles. The molecule has 5 heteroatoms. The van der Waals surface area contributed by atoms with Crippen LogP contribution in [0.25, 0.3) is 0 Å². The summed E-state index contributed by atoms with van der Waals surface area (Å²) < 4.78 is 0. The van der Waals surface area contributed by atoms with E-state index in [0.717, 1.165) is 24.5 Å². The van der Waals surface area contributed by atoms with Gasteiger partial charge in [-0.3, -0.25) is 4.79 Å². The van der Waals surface area contributed by atoms with Gasteiger partial charge in [-0.05, 0) is 51.8 Å². The minimum absolute atomic E-state index is 0.0239. The normalized spacial score (nSPS) is 12.9. The Morgan fingerprint density at radius 2 is 1.74 bits per heavy atom. The van der Waals surface area contributed by atoms with E-state index in [2.05, 4.69) is 41.7 Å². The van der Waals surface area contributed by atoms with Crippen molar-refractivity contribution in [3.63, 3.8) is 0 Å². The van der Waals surface area contributed by atoms with Crippen molar-refractivity contribution in [2.45, 2.75) is 59.7 Å². The van der Waals surface area contributed by atoms with Crippen molar-refractivity contribution in [2.75, 3.05) is 6.54 Å². The number of carbonyl (C=O) groups is 1. The minimum Gasteiger partial charge on any atom is -0.357 e. The van der Waals surface area contributed by atoms with Gasteiger partial charge in [0, 0.05) is 24.2 Å². The van der Waals surface area contributed by atoms with Crippen LogP contribution in [-0.4, -0.2) is 30.5 Å². The average molecular weight is 318 g/mol. The smallest absolute Gasteiger partial charge is 0.251 e. The standard InChI is InChI=1S/C18H30N4O/c1-6-14(5)22-17(23)16-10-8-15(9-11-16)12-20-18(19-7-2)21-13(3)4/h8-11,13-14H,6-7,12H2,1-5H3,(H,22,23)(H2,19,20,21). The zero-order valence-electron chi connectivity index (χ0n) is 14.9. The highest BCUT2D eigenvalue weighted by molar-refractivity contribution is 5.94. The summed E-state index contributed by atoms with van der Waals surface area (Å²) in [6.45, 7) is 11.7. The van der Waals surface area contributed by atoms with E-state index >= 15 is 0 Å². The molecule has 0 saturated heterocycles. The first kappa shape index (κ1) is 19.0. The Kier molecular flexibility index (Phi) is 8.16. The molecule has 0 radical (unpaired) electrons. The summed E-state index contributed by atoms with van der Waals surface area (Å²) >= 11 is 0. The predicted octanol–water partition coefficient (Wildman–Crippen LogP) is 2.68. The van der Waals surface area contributed by atoms with Crippen LogP contribution < -0.4 is 16.0 Å². The van der Waals surface area contributed by atoms with Gasteiger partial charge in [-0.15, -0.1) is 0 Å². The molecule has 0 aromatic heterocycles. The summed E-state index contributed by atoms with van der Waals surface area (Å²) in [5.41, 5.74) is 1.76. The van der Waals surface area contributed by atoms with Crippen molar-refractivity contribution in [1.82, 2.24) is 16.0 Å². The van der Waals surface area contributed by atoms with Crippen LogP contribution in [0.4, 0.5) is 0 Å². The lowest BCUT2D eigenvalue weighted by Gasteiger charge is -2.14. The van der Waals surface area contributed by atoms with E-state index in [-0.39, 0.29) is 11.9 Å². The summed E-state index contributed by atoms with van der Waals surface area (Å²) in [7, 11) is 0. The van der Waals surface area contributed by atoms with Crippen molar-refractivity contribution in [1.29, 1.82) is 0 Å². The van der Waals surface area contributed by atoms with Crippen LogP contribution in [0.2, 0.25) is 0 Å². The summed E-state index contributed by atoms with van der Waals surface area (Å²) in [5.74, 6) is 0.783. The molecule has 5 nitrogen and oxygen atoms in total. The molecule has 128 valence electrons. The zero-order valence-corrected chi connectivity index (χ0v) is 14.9. The monoisotopic (exact) mass is 318 g/mol. The number of amides is 1. The van der Waals surface area contributed by atoms with Gasteiger partial charge in [0.2, 0.25) is 0 Å². The number of hydrogen-bond acceptors (Lipinski definition) is 2. The van der Waals surface area contributed by atoms with E-state index < -0.39 is 0 Å². The molecule has 1 aromatic rings. The molecule has 23 heavy (non-hydrogen) atoms. The van der Waals surface area contributed by atoms with Crippen LogP contribution in [0.5, 0.6) is 0 Å². The first-order valence-electron chi connectivity index (χ1n) is 8.40. The fourth-order valence-corrected chi connectivity index (χ4v) is 1.93. The van der Waals surface area contributed by atoms with E-state index in [1.807, 2.05) is 38.1 Å². The molecule has 3 N–H and O–H groups in total. The van der Waals surface area contributed by atoms with Gasteiger partial charge in [0.15, 0.2) is 5.96 Å². The third kappa shape index (κ3) is 7.17. The topological polar surface area (TPSA) is 65.5 Å². The van der Waals surface area contributed by atoms with Crippen molar-refractivity contribution in [3.05, 3.63) is 35.4 Å². The zero-order chi connectivity index (χ0) is 17.2. The Balaban J connectivity index is 2.67. The molecule has 0 aliphatic carbocycles. The van der Waals surface area contributed by atoms with Crippen LogP contribution in [0, 0.1) is 0 Å². The summed E-state index contributed by atoms with van der Waals surface area (Å²) in [5, 5.41) is 9.47. The summed E-state index contributed by atoms with van der Waals surface area (Å²) in [4.78, 5) is 16.6. The number of carbonyl (C=O) groups excluding carboxylic acids is 1. The van der Waals surface area contributed by atoms with Crippen LogP contribution in [0.3, 0.4) is 0 Å². The SMILES string of the molecule is CCNC(=NCc1ccc(C(=O)NC(C)CC)cc1)NC(C)C. The number of nitrogens with zero attached hydrogens (tertiary/aromatic N) is 1. The largest absolute Gasteiger partial charge is 0.357 e. The fourth-order valence-electron chi connectivity index (χ4n) is 1.93. The van der Waals surface area contributed by atoms with E-state index in [4.69, 9.17) is 0 Å². The van der Waals surface area contributed by atoms with Crippen molar-refractivity contribution < 1.29 is 4.79 Å². The predicted molar refractivity (Wildman–Crippen MR) is 96.7 cm³/mol. The molecule has 1 rings (SSSR count). The maximum atomic E-state index is 12.0. The van der Waals surface area contributed by atoms with E-state index in [9.17, 15) is 4.79 Å². The maximum absolute atomic E-state index is 12.0. The van der Waals surface area contributed by atoms with Crippen LogP contribution in [0.1, 0.15) is 57.0 Å². The number of guanidine groups is 1. The second kappa shape index (κ2) is 9.87. The molecular weight excluding hydrogens is 288 g/mol. The average Bonchev–Trinajstić information content (AvgIpc) is 2.52.